The minimum Gasteiger partial charge on any atom is -0.293 e. The molecule has 0 aromatic heterocycles. The van der Waals surface area contributed by atoms with Gasteiger partial charge in [-0.05, 0) is 68.7 Å². The molecule has 4 unspecified atom stereocenters. The molecule has 4 nitrogen and oxygen atoms in total. The molecule has 4 heteroatoms. The third-order valence-electron chi connectivity index (χ3n) is 7.03. The van der Waals surface area contributed by atoms with E-state index in [0.717, 1.165) is 11.1 Å². The molecular formula is C34H48N2O2. The van der Waals surface area contributed by atoms with Crippen LogP contribution in [0.25, 0.3) is 0 Å². The van der Waals surface area contributed by atoms with Crippen LogP contribution in [0.5, 0.6) is 0 Å². The molecule has 0 bridgehead atoms. The Bertz CT molecular complexity index is 1070. The highest BCUT2D eigenvalue weighted by Gasteiger charge is 2.34. The van der Waals surface area contributed by atoms with E-state index < -0.39 is 0 Å². The Hall–Kier alpha value is -2.50. The molecule has 0 spiro atoms. The number of rotatable bonds is 12. The Kier molecular flexibility index (Phi) is 10.7. The van der Waals surface area contributed by atoms with Gasteiger partial charge in [-0.3, -0.25) is 9.68 Å². The summed E-state index contributed by atoms with van der Waals surface area (Å²) in [6.45, 7) is 19.8. The van der Waals surface area contributed by atoms with Crippen LogP contribution in [0.3, 0.4) is 0 Å². The van der Waals surface area contributed by atoms with Crippen molar-refractivity contribution in [2.24, 2.45) is 11.8 Å². The summed E-state index contributed by atoms with van der Waals surface area (Å²) < 4.78 is 0. The summed E-state index contributed by atoms with van der Waals surface area (Å²) >= 11 is 0. The van der Waals surface area contributed by atoms with Gasteiger partial charge >= 0.3 is 0 Å². The van der Waals surface area contributed by atoms with Crippen LogP contribution in [0.4, 0.5) is 0 Å². The SMILES string of the molecule is CC(ONC(c1ccccc1)C(C)C)c1ccc(C(C)ON(C(c2ccccc2)C(C)C)C(C)(C)C)cc1. The fourth-order valence-electron chi connectivity index (χ4n) is 4.84. The standard InChI is InChI=1S/C34H48N2O2/c1-24(2)32(30-16-12-10-13-17-30)35-37-26(5)28-20-22-29(23-21-28)27(6)38-36(34(7,8)9)33(25(3)4)31-18-14-11-15-19-31/h10-27,32-33,35H,1-9H3. The van der Waals surface area contributed by atoms with E-state index in [0.29, 0.717) is 11.8 Å². The van der Waals surface area contributed by atoms with E-state index >= 15 is 0 Å². The third kappa shape index (κ3) is 8.00. The van der Waals surface area contributed by atoms with E-state index in [1.807, 2.05) is 6.07 Å². The van der Waals surface area contributed by atoms with Crippen LogP contribution in [-0.4, -0.2) is 10.6 Å². The molecule has 3 aromatic carbocycles. The highest BCUT2D eigenvalue weighted by atomic mass is 16.7. The van der Waals surface area contributed by atoms with Crippen molar-refractivity contribution in [3.8, 4) is 0 Å². The van der Waals surface area contributed by atoms with Gasteiger partial charge in [0, 0.05) is 5.54 Å². The molecule has 0 heterocycles. The van der Waals surface area contributed by atoms with Gasteiger partial charge in [0.05, 0.1) is 12.1 Å². The average Bonchev–Trinajstić information content (AvgIpc) is 2.88. The first-order valence-corrected chi connectivity index (χ1v) is 14.1. The number of hydrogen-bond acceptors (Lipinski definition) is 4. The summed E-state index contributed by atoms with van der Waals surface area (Å²) in [5.74, 6) is 0.795. The maximum atomic E-state index is 6.72. The fourth-order valence-corrected chi connectivity index (χ4v) is 4.84. The van der Waals surface area contributed by atoms with Gasteiger partial charge in [-0.25, -0.2) is 0 Å². The molecule has 0 saturated heterocycles. The Morgan fingerprint density at radius 2 is 1.05 bits per heavy atom. The van der Waals surface area contributed by atoms with Gasteiger partial charge in [0.15, 0.2) is 0 Å². The second-order valence-electron chi connectivity index (χ2n) is 12.0. The molecular weight excluding hydrogens is 468 g/mol. The fraction of sp³-hybridized carbons (Fsp3) is 0.471. The maximum absolute atomic E-state index is 6.72. The van der Waals surface area contributed by atoms with E-state index in [-0.39, 0.29) is 29.8 Å². The molecule has 0 radical (unpaired) electrons. The molecule has 0 aliphatic heterocycles. The highest BCUT2D eigenvalue weighted by Crippen LogP contribution is 2.37. The van der Waals surface area contributed by atoms with E-state index in [1.165, 1.54) is 11.1 Å². The van der Waals surface area contributed by atoms with Crippen LogP contribution in [-0.2, 0) is 9.68 Å². The van der Waals surface area contributed by atoms with Gasteiger partial charge in [-0.1, -0.05) is 113 Å². The van der Waals surface area contributed by atoms with E-state index in [1.54, 1.807) is 0 Å². The topological polar surface area (TPSA) is 33.7 Å². The van der Waals surface area contributed by atoms with Crippen molar-refractivity contribution in [3.05, 3.63) is 107 Å². The van der Waals surface area contributed by atoms with Crippen LogP contribution in [0, 0.1) is 11.8 Å². The van der Waals surface area contributed by atoms with Crippen molar-refractivity contribution in [3.63, 3.8) is 0 Å². The summed E-state index contributed by atoms with van der Waals surface area (Å²) in [5.41, 5.74) is 7.92. The van der Waals surface area contributed by atoms with E-state index in [9.17, 15) is 0 Å². The van der Waals surface area contributed by atoms with Crippen LogP contribution in [0.2, 0.25) is 0 Å². The zero-order valence-electron chi connectivity index (χ0n) is 24.8. The lowest BCUT2D eigenvalue weighted by Gasteiger charge is -2.44. The van der Waals surface area contributed by atoms with Gasteiger partial charge < -0.3 is 0 Å². The molecule has 1 N–H and O–H groups in total. The Labute approximate surface area is 231 Å². The Morgan fingerprint density at radius 1 is 0.579 bits per heavy atom. The normalized spacial score (nSPS) is 15.6. The Balaban J connectivity index is 1.70. The summed E-state index contributed by atoms with van der Waals surface area (Å²) in [6.07, 6.45) is -0.175. The Morgan fingerprint density at radius 3 is 1.50 bits per heavy atom. The van der Waals surface area contributed by atoms with Gasteiger partial charge in [-0.2, -0.15) is 10.5 Å². The van der Waals surface area contributed by atoms with Gasteiger partial charge in [-0.15, -0.1) is 0 Å². The zero-order chi connectivity index (χ0) is 27.9. The van der Waals surface area contributed by atoms with E-state index in [2.05, 4.69) is 152 Å². The summed E-state index contributed by atoms with van der Waals surface area (Å²) in [7, 11) is 0. The molecule has 38 heavy (non-hydrogen) atoms. The third-order valence-corrected chi connectivity index (χ3v) is 7.03. The predicted octanol–water partition coefficient (Wildman–Crippen LogP) is 9.16. The predicted molar refractivity (Wildman–Crippen MR) is 158 cm³/mol. The number of hydroxylamine groups is 3. The smallest absolute Gasteiger partial charge is 0.102 e. The summed E-state index contributed by atoms with van der Waals surface area (Å²) in [5, 5.41) is 2.19. The number of nitrogens with zero attached hydrogens (tertiary/aromatic N) is 1. The van der Waals surface area contributed by atoms with Crippen molar-refractivity contribution >= 4 is 0 Å². The van der Waals surface area contributed by atoms with Crippen molar-refractivity contribution in [1.82, 2.24) is 10.5 Å². The quantitative estimate of drug-likeness (QED) is 0.243. The van der Waals surface area contributed by atoms with Gasteiger partial charge in [0.2, 0.25) is 0 Å². The molecule has 0 amide bonds. The average molecular weight is 517 g/mol. The molecule has 3 aromatic rings. The summed E-state index contributed by atoms with van der Waals surface area (Å²) in [4.78, 5) is 12.9. The van der Waals surface area contributed by atoms with Crippen LogP contribution in [0.1, 0.15) is 109 Å². The molecule has 3 rings (SSSR count). The minimum absolute atomic E-state index is 0.0836. The molecule has 4 atom stereocenters. The molecule has 0 aliphatic rings. The zero-order valence-corrected chi connectivity index (χ0v) is 24.8. The van der Waals surface area contributed by atoms with Crippen LogP contribution >= 0.6 is 0 Å². The van der Waals surface area contributed by atoms with Crippen LogP contribution < -0.4 is 5.48 Å². The lowest BCUT2D eigenvalue weighted by Crippen LogP contribution is -2.46. The molecule has 206 valence electrons. The largest absolute Gasteiger partial charge is 0.293 e. The van der Waals surface area contributed by atoms with Gasteiger partial charge in [0.1, 0.15) is 12.2 Å². The highest BCUT2D eigenvalue weighted by molar-refractivity contribution is 5.26. The van der Waals surface area contributed by atoms with E-state index in [4.69, 9.17) is 9.68 Å². The number of hydrogen-bond donors (Lipinski definition) is 1. The van der Waals surface area contributed by atoms with Crippen LogP contribution in [0.15, 0.2) is 84.9 Å². The lowest BCUT2D eigenvalue weighted by atomic mass is 9.92. The molecule has 0 saturated carbocycles. The lowest BCUT2D eigenvalue weighted by molar-refractivity contribution is -0.272. The second-order valence-corrected chi connectivity index (χ2v) is 12.0. The van der Waals surface area contributed by atoms with Crippen molar-refractivity contribution in [2.45, 2.75) is 92.1 Å². The first kappa shape index (κ1) is 30.0. The molecule has 0 aliphatic carbocycles. The van der Waals surface area contributed by atoms with Crippen molar-refractivity contribution in [1.29, 1.82) is 0 Å². The molecule has 0 fully saturated rings. The maximum Gasteiger partial charge on any atom is 0.102 e. The first-order valence-electron chi connectivity index (χ1n) is 14.1. The minimum atomic E-state index is -0.168. The number of benzene rings is 3. The first-order chi connectivity index (χ1) is 18.0. The second kappa shape index (κ2) is 13.5. The van der Waals surface area contributed by atoms with Gasteiger partial charge in [0.25, 0.3) is 0 Å². The monoisotopic (exact) mass is 516 g/mol. The van der Waals surface area contributed by atoms with Crippen molar-refractivity contribution < 1.29 is 9.68 Å². The number of nitrogens with one attached hydrogen (secondary N) is 1. The summed E-state index contributed by atoms with van der Waals surface area (Å²) in [6, 6.07) is 30.0. The van der Waals surface area contributed by atoms with Crippen molar-refractivity contribution in [2.75, 3.05) is 0 Å².